The van der Waals surface area contributed by atoms with Gasteiger partial charge in [0, 0.05) is 19.2 Å². The number of halogens is 3. The van der Waals surface area contributed by atoms with Crippen LogP contribution in [0.15, 0.2) is 41.3 Å². The fraction of sp³-hybridized carbons (Fsp3) is 0.235. The van der Waals surface area contributed by atoms with Crippen LogP contribution in [0.25, 0.3) is 0 Å². The number of primary sulfonamides is 1. The van der Waals surface area contributed by atoms with E-state index in [0.717, 1.165) is 6.07 Å². The van der Waals surface area contributed by atoms with Gasteiger partial charge in [-0.2, -0.15) is 8.78 Å². The molecule has 11 heteroatoms. The summed E-state index contributed by atoms with van der Waals surface area (Å²) in [7, 11) is -1.30. The number of nitrogens with two attached hydrogens (primary N) is 1. The molecule has 0 aliphatic carbocycles. The first-order valence-corrected chi connectivity index (χ1v) is 9.65. The molecule has 0 heterocycles. The van der Waals surface area contributed by atoms with Crippen LogP contribution in [0.4, 0.5) is 8.78 Å². The highest BCUT2D eigenvalue weighted by atomic mass is 35.5. The van der Waals surface area contributed by atoms with Crippen LogP contribution >= 0.6 is 11.6 Å². The monoisotopic (exact) mass is 434 g/mol. The van der Waals surface area contributed by atoms with Gasteiger partial charge in [0.15, 0.2) is 11.5 Å². The second-order valence-corrected chi connectivity index (χ2v) is 7.65. The Labute approximate surface area is 165 Å². The lowest BCUT2D eigenvalue weighted by atomic mass is 10.1. The second kappa shape index (κ2) is 8.72. The number of carbonyl (C=O) groups is 1. The van der Waals surface area contributed by atoms with Gasteiger partial charge in [-0.3, -0.25) is 4.79 Å². The van der Waals surface area contributed by atoms with Gasteiger partial charge >= 0.3 is 6.61 Å². The molecule has 2 aromatic rings. The number of sulfonamides is 1. The summed E-state index contributed by atoms with van der Waals surface area (Å²) >= 11 is 5.82. The Bertz CT molecular complexity index is 986. The number of methoxy groups -OCH3 is 1. The number of benzene rings is 2. The van der Waals surface area contributed by atoms with Gasteiger partial charge in [-0.05, 0) is 35.9 Å². The van der Waals surface area contributed by atoms with Crippen molar-refractivity contribution in [2.45, 2.75) is 18.1 Å². The maximum absolute atomic E-state index is 12.6. The minimum atomic E-state index is -4.09. The minimum Gasteiger partial charge on any atom is -0.493 e. The van der Waals surface area contributed by atoms with E-state index >= 15 is 0 Å². The van der Waals surface area contributed by atoms with Crippen molar-refractivity contribution in [2.24, 2.45) is 5.14 Å². The summed E-state index contributed by atoms with van der Waals surface area (Å²) in [5, 5.41) is 4.99. The standard InChI is InChI=1S/C17H17ClF2N2O5S/c1-22(9-10-3-6-13(27-17(19)20)14(7-10)26-2)16(23)11-4-5-12(18)15(8-11)28(21,24)25/h3-8,17H,9H2,1-2H3,(H2,21,24,25). The van der Waals surface area contributed by atoms with Crippen molar-refractivity contribution in [3.8, 4) is 11.5 Å². The van der Waals surface area contributed by atoms with Gasteiger partial charge < -0.3 is 14.4 Å². The van der Waals surface area contributed by atoms with E-state index in [-0.39, 0.29) is 33.5 Å². The van der Waals surface area contributed by atoms with E-state index in [1.54, 1.807) is 0 Å². The topological polar surface area (TPSA) is 98.9 Å². The molecule has 0 aromatic heterocycles. The molecule has 0 aliphatic heterocycles. The van der Waals surface area contributed by atoms with Gasteiger partial charge in [-0.25, -0.2) is 13.6 Å². The largest absolute Gasteiger partial charge is 0.493 e. The van der Waals surface area contributed by atoms with Gasteiger partial charge in [-0.15, -0.1) is 0 Å². The maximum atomic E-state index is 12.6. The summed E-state index contributed by atoms with van der Waals surface area (Å²) in [5.41, 5.74) is 0.649. The molecular formula is C17H17ClF2N2O5S. The van der Waals surface area contributed by atoms with Crippen LogP contribution in [-0.4, -0.2) is 40.0 Å². The number of alkyl halides is 2. The zero-order valence-corrected chi connectivity index (χ0v) is 16.4. The number of hydrogen-bond acceptors (Lipinski definition) is 5. The summed E-state index contributed by atoms with van der Waals surface area (Å²) in [4.78, 5) is 13.5. The van der Waals surface area contributed by atoms with E-state index in [4.69, 9.17) is 21.5 Å². The highest BCUT2D eigenvalue weighted by Crippen LogP contribution is 2.30. The van der Waals surface area contributed by atoms with Gasteiger partial charge in [-0.1, -0.05) is 17.7 Å². The smallest absolute Gasteiger partial charge is 0.387 e. The zero-order chi connectivity index (χ0) is 21.1. The molecule has 0 saturated heterocycles. The molecule has 2 rings (SSSR count). The normalized spacial score (nSPS) is 11.4. The van der Waals surface area contributed by atoms with Gasteiger partial charge in [0.1, 0.15) is 4.90 Å². The molecule has 0 radical (unpaired) electrons. The molecule has 28 heavy (non-hydrogen) atoms. The molecule has 0 fully saturated rings. The molecule has 2 N–H and O–H groups in total. The fourth-order valence-electron chi connectivity index (χ4n) is 2.42. The van der Waals surface area contributed by atoms with E-state index in [1.807, 2.05) is 0 Å². The third-order valence-electron chi connectivity index (χ3n) is 3.70. The van der Waals surface area contributed by atoms with Crippen molar-refractivity contribution < 1.29 is 31.5 Å². The summed E-state index contributed by atoms with van der Waals surface area (Å²) in [5.74, 6) is -0.541. The van der Waals surface area contributed by atoms with Crippen LogP contribution in [0.5, 0.6) is 11.5 Å². The Balaban J connectivity index is 2.23. The van der Waals surface area contributed by atoms with E-state index < -0.39 is 22.5 Å². The molecule has 0 spiro atoms. The second-order valence-electron chi connectivity index (χ2n) is 5.72. The Morgan fingerprint density at radius 3 is 2.46 bits per heavy atom. The summed E-state index contributed by atoms with van der Waals surface area (Å²) in [6.07, 6.45) is 0. The van der Waals surface area contributed by atoms with Crippen molar-refractivity contribution in [3.63, 3.8) is 0 Å². The molecule has 1 amide bonds. The molecule has 2 aromatic carbocycles. The van der Waals surface area contributed by atoms with E-state index in [2.05, 4.69) is 4.74 Å². The zero-order valence-electron chi connectivity index (χ0n) is 14.9. The number of nitrogens with zero attached hydrogens (tertiary/aromatic N) is 1. The lowest BCUT2D eigenvalue weighted by Gasteiger charge is -2.19. The number of hydrogen-bond donors (Lipinski definition) is 1. The predicted molar refractivity (Wildman–Crippen MR) is 98.2 cm³/mol. The minimum absolute atomic E-state index is 0.0699. The molecular weight excluding hydrogens is 418 g/mol. The van der Waals surface area contributed by atoms with E-state index in [9.17, 15) is 22.0 Å². The molecule has 0 unspecified atom stereocenters. The van der Waals surface area contributed by atoms with Crippen molar-refractivity contribution in [1.29, 1.82) is 0 Å². The fourth-order valence-corrected chi connectivity index (χ4v) is 3.50. The van der Waals surface area contributed by atoms with Crippen LogP contribution in [0.1, 0.15) is 15.9 Å². The Kier molecular flexibility index (Phi) is 6.81. The van der Waals surface area contributed by atoms with Crippen LogP contribution in [0.2, 0.25) is 5.02 Å². The number of rotatable bonds is 7. The number of ether oxygens (including phenoxy) is 2. The quantitative estimate of drug-likeness (QED) is 0.722. The van der Waals surface area contributed by atoms with Crippen molar-refractivity contribution in [3.05, 3.63) is 52.5 Å². The first-order chi connectivity index (χ1) is 13.0. The van der Waals surface area contributed by atoms with Crippen molar-refractivity contribution in [2.75, 3.05) is 14.2 Å². The first-order valence-electron chi connectivity index (χ1n) is 7.72. The highest BCUT2D eigenvalue weighted by molar-refractivity contribution is 7.89. The van der Waals surface area contributed by atoms with E-state index in [1.165, 1.54) is 49.4 Å². The average Bonchev–Trinajstić information content (AvgIpc) is 2.61. The highest BCUT2D eigenvalue weighted by Gasteiger charge is 2.19. The SMILES string of the molecule is COc1cc(CN(C)C(=O)c2ccc(Cl)c(S(N)(=O)=O)c2)ccc1OC(F)F. The lowest BCUT2D eigenvalue weighted by Crippen LogP contribution is -2.26. The molecule has 0 atom stereocenters. The molecule has 152 valence electrons. The third-order valence-corrected chi connectivity index (χ3v) is 5.09. The Hall–Kier alpha value is -2.43. The van der Waals surface area contributed by atoms with Crippen LogP contribution in [-0.2, 0) is 16.6 Å². The van der Waals surface area contributed by atoms with Gasteiger partial charge in [0.2, 0.25) is 10.0 Å². The Morgan fingerprint density at radius 1 is 1.21 bits per heavy atom. The van der Waals surface area contributed by atoms with Crippen LogP contribution in [0.3, 0.4) is 0 Å². The molecule has 0 aliphatic rings. The summed E-state index contributed by atoms with van der Waals surface area (Å²) in [6.45, 7) is -2.90. The van der Waals surface area contributed by atoms with Gasteiger partial charge in [0.25, 0.3) is 5.91 Å². The summed E-state index contributed by atoms with van der Waals surface area (Å²) < 4.78 is 57.3. The third kappa shape index (κ3) is 5.31. The maximum Gasteiger partial charge on any atom is 0.387 e. The number of amides is 1. The Morgan fingerprint density at radius 2 is 1.89 bits per heavy atom. The molecule has 0 saturated carbocycles. The van der Waals surface area contributed by atoms with Gasteiger partial charge in [0.05, 0.1) is 12.1 Å². The predicted octanol–water partition coefficient (Wildman–Crippen LogP) is 2.87. The molecule has 7 nitrogen and oxygen atoms in total. The van der Waals surface area contributed by atoms with Crippen LogP contribution in [0, 0.1) is 0 Å². The van der Waals surface area contributed by atoms with Crippen molar-refractivity contribution >= 4 is 27.5 Å². The lowest BCUT2D eigenvalue weighted by molar-refractivity contribution is -0.0512. The average molecular weight is 435 g/mol. The first kappa shape index (κ1) is 21.9. The molecule has 0 bridgehead atoms. The van der Waals surface area contributed by atoms with Crippen molar-refractivity contribution in [1.82, 2.24) is 4.90 Å². The summed E-state index contributed by atoms with van der Waals surface area (Å²) in [6, 6.07) is 8.00. The van der Waals surface area contributed by atoms with Crippen LogP contribution < -0.4 is 14.6 Å². The van der Waals surface area contributed by atoms with E-state index in [0.29, 0.717) is 5.56 Å². The number of carbonyl (C=O) groups excluding carboxylic acids is 1.